The molecule has 0 N–H and O–H groups in total. The first-order valence-corrected chi connectivity index (χ1v) is 12.2. The van der Waals surface area contributed by atoms with Crippen molar-refractivity contribution in [1.82, 2.24) is 4.90 Å². The van der Waals surface area contributed by atoms with Crippen molar-refractivity contribution in [2.75, 3.05) is 40.0 Å². The van der Waals surface area contributed by atoms with Gasteiger partial charge in [0, 0.05) is 30.0 Å². The lowest BCUT2D eigenvalue weighted by molar-refractivity contribution is 0.183. The third-order valence-corrected chi connectivity index (χ3v) is 7.04. The van der Waals surface area contributed by atoms with Crippen molar-refractivity contribution >= 4 is 0 Å². The molecule has 5 heteroatoms. The smallest absolute Gasteiger partial charge is 0.126 e. The van der Waals surface area contributed by atoms with E-state index in [1.54, 1.807) is 7.11 Å². The van der Waals surface area contributed by atoms with Gasteiger partial charge in [-0.15, -0.1) is 0 Å². The van der Waals surface area contributed by atoms with Crippen LogP contribution in [-0.4, -0.2) is 44.9 Å². The fourth-order valence-corrected chi connectivity index (χ4v) is 5.17. The molecule has 0 aliphatic carbocycles. The molecular formula is C29H32FNO3. The molecule has 0 spiro atoms. The van der Waals surface area contributed by atoms with Gasteiger partial charge in [-0.05, 0) is 67.4 Å². The molecule has 0 aromatic heterocycles. The minimum Gasteiger partial charge on any atom is -0.497 e. The summed E-state index contributed by atoms with van der Waals surface area (Å²) in [7, 11) is 1.66. The van der Waals surface area contributed by atoms with Crippen LogP contribution in [0.5, 0.6) is 17.2 Å². The van der Waals surface area contributed by atoms with Crippen molar-refractivity contribution in [3.63, 3.8) is 0 Å². The zero-order valence-electron chi connectivity index (χ0n) is 19.7. The van der Waals surface area contributed by atoms with Crippen LogP contribution in [0.4, 0.5) is 4.39 Å². The fourth-order valence-electron chi connectivity index (χ4n) is 5.17. The number of likely N-dealkylation sites (tertiary alicyclic amines) is 1. The van der Waals surface area contributed by atoms with E-state index < -0.39 is 0 Å². The Morgan fingerprint density at radius 3 is 2.32 bits per heavy atom. The summed E-state index contributed by atoms with van der Waals surface area (Å²) in [5, 5.41) is 0. The third kappa shape index (κ3) is 5.05. The van der Waals surface area contributed by atoms with Gasteiger partial charge in [0.05, 0.1) is 13.7 Å². The Labute approximate surface area is 201 Å². The molecule has 3 aromatic rings. The summed E-state index contributed by atoms with van der Waals surface area (Å²) < 4.78 is 31.2. The molecule has 2 aliphatic rings. The molecule has 2 heterocycles. The molecule has 0 amide bonds. The van der Waals surface area contributed by atoms with Gasteiger partial charge in [-0.3, -0.25) is 4.90 Å². The highest BCUT2D eigenvalue weighted by Crippen LogP contribution is 2.47. The molecule has 34 heavy (non-hydrogen) atoms. The Hall–Kier alpha value is -3.05. The summed E-state index contributed by atoms with van der Waals surface area (Å²) >= 11 is 0. The normalized spacial score (nSPS) is 20.3. The first-order chi connectivity index (χ1) is 16.7. The van der Waals surface area contributed by atoms with Crippen LogP contribution >= 0.6 is 0 Å². The SMILES string of the molecule is COc1ccc2c(c1)OCC(c1ccc(F)cc1)C2c1ccc(OCCN2CCCCC2)cc1. The third-order valence-electron chi connectivity index (χ3n) is 7.04. The van der Waals surface area contributed by atoms with E-state index in [1.807, 2.05) is 24.3 Å². The van der Waals surface area contributed by atoms with E-state index in [0.717, 1.165) is 34.9 Å². The number of ether oxygens (including phenoxy) is 3. The topological polar surface area (TPSA) is 30.9 Å². The average molecular weight is 462 g/mol. The molecule has 0 bridgehead atoms. The molecule has 0 saturated carbocycles. The minimum atomic E-state index is -0.229. The van der Waals surface area contributed by atoms with E-state index in [9.17, 15) is 4.39 Å². The summed E-state index contributed by atoms with van der Waals surface area (Å²) in [6.07, 6.45) is 3.94. The van der Waals surface area contributed by atoms with Crippen molar-refractivity contribution in [3.8, 4) is 17.2 Å². The van der Waals surface area contributed by atoms with E-state index >= 15 is 0 Å². The molecule has 1 fully saturated rings. The van der Waals surface area contributed by atoms with Crippen LogP contribution in [0.1, 0.15) is 47.8 Å². The molecule has 0 radical (unpaired) electrons. The second-order valence-corrected chi connectivity index (χ2v) is 9.17. The number of benzene rings is 3. The van der Waals surface area contributed by atoms with E-state index in [1.165, 1.54) is 50.0 Å². The highest BCUT2D eigenvalue weighted by atomic mass is 19.1. The lowest BCUT2D eigenvalue weighted by atomic mass is 9.76. The number of hydrogen-bond donors (Lipinski definition) is 0. The molecule has 3 aromatic carbocycles. The lowest BCUT2D eigenvalue weighted by Crippen LogP contribution is -2.33. The minimum absolute atomic E-state index is 0.0763. The molecule has 178 valence electrons. The van der Waals surface area contributed by atoms with Crippen LogP contribution in [0.3, 0.4) is 0 Å². The first-order valence-electron chi connectivity index (χ1n) is 12.2. The number of nitrogens with zero attached hydrogens (tertiary/aromatic N) is 1. The van der Waals surface area contributed by atoms with Crippen molar-refractivity contribution in [2.45, 2.75) is 31.1 Å². The molecule has 2 atom stereocenters. The Bertz CT molecular complexity index is 1080. The quantitative estimate of drug-likeness (QED) is 0.431. The number of piperidine rings is 1. The summed E-state index contributed by atoms with van der Waals surface area (Å²) in [6, 6.07) is 21.2. The van der Waals surface area contributed by atoms with Gasteiger partial charge < -0.3 is 14.2 Å². The maximum Gasteiger partial charge on any atom is 0.126 e. The standard InChI is InChI=1S/C29H32FNO3/c1-32-25-13-14-26-28(19-25)34-20-27(21-5-9-23(30)10-6-21)29(26)22-7-11-24(12-8-22)33-18-17-31-15-3-2-4-16-31/h5-14,19,27,29H,2-4,15-18,20H2,1H3. The van der Waals surface area contributed by atoms with Gasteiger partial charge in [0.2, 0.25) is 0 Å². The van der Waals surface area contributed by atoms with Crippen LogP contribution in [0.15, 0.2) is 66.7 Å². The zero-order valence-corrected chi connectivity index (χ0v) is 19.7. The molecule has 2 unspecified atom stereocenters. The molecule has 2 aliphatic heterocycles. The lowest BCUT2D eigenvalue weighted by Gasteiger charge is -2.34. The summed E-state index contributed by atoms with van der Waals surface area (Å²) in [6.45, 7) is 4.56. The predicted molar refractivity (Wildman–Crippen MR) is 132 cm³/mol. The zero-order chi connectivity index (χ0) is 23.3. The number of hydrogen-bond acceptors (Lipinski definition) is 4. The molecule has 5 rings (SSSR count). The Kier molecular flexibility index (Phi) is 7.00. The van der Waals surface area contributed by atoms with Gasteiger partial charge in [-0.1, -0.05) is 36.8 Å². The van der Waals surface area contributed by atoms with Gasteiger partial charge in [-0.2, -0.15) is 0 Å². The van der Waals surface area contributed by atoms with Crippen LogP contribution in [0, 0.1) is 5.82 Å². The maximum absolute atomic E-state index is 13.6. The van der Waals surface area contributed by atoms with E-state index in [-0.39, 0.29) is 17.7 Å². The number of methoxy groups -OCH3 is 1. The van der Waals surface area contributed by atoms with E-state index in [4.69, 9.17) is 14.2 Å². The average Bonchev–Trinajstić information content (AvgIpc) is 2.89. The monoisotopic (exact) mass is 461 g/mol. The number of halogens is 1. The predicted octanol–water partition coefficient (Wildman–Crippen LogP) is 6.01. The van der Waals surface area contributed by atoms with Gasteiger partial charge >= 0.3 is 0 Å². The van der Waals surface area contributed by atoms with Crippen molar-refractivity contribution in [2.24, 2.45) is 0 Å². The first kappa shape index (κ1) is 22.7. The maximum atomic E-state index is 13.6. The fraction of sp³-hybridized carbons (Fsp3) is 0.379. The number of fused-ring (bicyclic) bond motifs is 1. The van der Waals surface area contributed by atoms with E-state index in [0.29, 0.717) is 13.2 Å². The van der Waals surface area contributed by atoms with Crippen LogP contribution < -0.4 is 14.2 Å². The summed E-state index contributed by atoms with van der Waals surface area (Å²) in [5.74, 6) is 2.43. The van der Waals surface area contributed by atoms with Crippen LogP contribution in [0.2, 0.25) is 0 Å². The summed E-state index contributed by atoms with van der Waals surface area (Å²) in [5.41, 5.74) is 3.36. The van der Waals surface area contributed by atoms with Crippen LogP contribution in [-0.2, 0) is 0 Å². The van der Waals surface area contributed by atoms with Crippen molar-refractivity contribution in [3.05, 3.63) is 89.2 Å². The Balaban J connectivity index is 1.37. The van der Waals surface area contributed by atoms with Gasteiger partial charge in [-0.25, -0.2) is 4.39 Å². The summed E-state index contributed by atoms with van der Waals surface area (Å²) in [4.78, 5) is 2.48. The molecular weight excluding hydrogens is 429 g/mol. The highest BCUT2D eigenvalue weighted by molar-refractivity contribution is 5.51. The Morgan fingerprint density at radius 2 is 1.59 bits per heavy atom. The van der Waals surface area contributed by atoms with E-state index in [2.05, 4.69) is 35.2 Å². The second-order valence-electron chi connectivity index (χ2n) is 9.17. The molecule has 1 saturated heterocycles. The van der Waals surface area contributed by atoms with Gasteiger partial charge in [0.15, 0.2) is 0 Å². The largest absolute Gasteiger partial charge is 0.497 e. The second kappa shape index (κ2) is 10.5. The van der Waals surface area contributed by atoms with Crippen molar-refractivity contribution in [1.29, 1.82) is 0 Å². The van der Waals surface area contributed by atoms with Crippen LogP contribution in [0.25, 0.3) is 0 Å². The number of rotatable bonds is 7. The highest BCUT2D eigenvalue weighted by Gasteiger charge is 2.33. The van der Waals surface area contributed by atoms with Gasteiger partial charge in [0.1, 0.15) is 29.7 Å². The molecule has 4 nitrogen and oxygen atoms in total. The van der Waals surface area contributed by atoms with Crippen molar-refractivity contribution < 1.29 is 18.6 Å². The van der Waals surface area contributed by atoms with Gasteiger partial charge in [0.25, 0.3) is 0 Å². The Morgan fingerprint density at radius 1 is 0.882 bits per heavy atom.